The van der Waals surface area contributed by atoms with Crippen LogP contribution in [0.3, 0.4) is 0 Å². The summed E-state index contributed by atoms with van der Waals surface area (Å²) in [6, 6.07) is 9.00. The Morgan fingerprint density at radius 2 is 2.33 bits per heavy atom. The highest BCUT2D eigenvalue weighted by atomic mass is 16.3. The molecule has 2 rings (SSSR count). The number of benzene rings is 1. The van der Waals surface area contributed by atoms with Gasteiger partial charge in [0.15, 0.2) is 0 Å². The summed E-state index contributed by atoms with van der Waals surface area (Å²) in [4.78, 5) is 2.38. The fraction of sp³-hybridized carbons (Fsp3) is 0.538. The second-order valence-corrected chi connectivity index (χ2v) is 4.44. The Hall–Kier alpha value is -0.860. The molecule has 2 nitrogen and oxygen atoms in total. The summed E-state index contributed by atoms with van der Waals surface area (Å²) in [6.07, 6.45) is 2.36. The maximum atomic E-state index is 9.23. The van der Waals surface area contributed by atoms with E-state index in [1.165, 1.54) is 17.5 Å². The molecule has 1 aliphatic heterocycles. The van der Waals surface area contributed by atoms with Gasteiger partial charge < -0.3 is 5.11 Å². The number of rotatable bonds is 3. The second-order valence-electron chi connectivity index (χ2n) is 4.44. The van der Waals surface area contributed by atoms with Crippen LogP contribution in [0.15, 0.2) is 24.3 Å². The van der Waals surface area contributed by atoms with E-state index in [9.17, 15) is 5.11 Å². The van der Waals surface area contributed by atoms with Crippen LogP contribution in [-0.2, 0) is 6.54 Å². The molecule has 1 heterocycles. The molecule has 15 heavy (non-hydrogen) atoms. The van der Waals surface area contributed by atoms with Gasteiger partial charge in [-0.2, -0.15) is 0 Å². The van der Waals surface area contributed by atoms with Crippen molar-refractivity contribution in [3.63, 3.8) is 0 Å². The zero-order valence-corrected chi connectivity index (χ0v) is 9.32. The summed E-state index contributed by atoms with van der Waals surface area (Å²) in [5.74, 6) is 0. The van der Waals surface area contributed by atoms with Gasteiger partial charge in [-0.15, -0.1) is 0 Å². The average molecular weight is 205 g/mol. The molecule has 0 spiro atoms. The van der Waals surface area contributed by atoms with Crippen molar-refractivity contribution in [3.8, 4) is 0 Å². The molecular weight excluding hydrogens is 186 g/mol. The van der Waals surface area contributed by atoms with E-state index in [0.717, 1.165) is 19.5 Å². The lowest BCUT2D eigenvalue weighted by Gasteiger charge is -2.22. The molecule has 1 aliphatic rings. The molecule has 0 unspecified atom stereocenters. The van der Waals surface area contributed by atoms with Gasteiger partial charge in [0.2, 0.25) is 0 Å². The summed E-state index contributed by atoms with van der Waals surface area (Å²) in [7, 11) is 0. The number of likely N-dealkylation sites (tertiary alicyclic amines) is 1. The minimum Gasteiger partial charge on any atom is -0.395 e. The zero-order valence-electron chi connectivity index (χ0n) is 9.32. The average Bonchev–Trinajstić information content (AvgIpc) is 2.65. The van der Waals surface area contributed by atoms with Crippen molar-refractivity contribution in [2.75, 3.05) is 13.2 Å². The zero-order chi connectivity index (χ0) is 10.7. The van der Waals surface area contributed by atoms with Crippen molar-refractivity contribution in [3.05, 3.63) is 35.4 Å². The Morgan fingerprint density at radius 3 is 3.07 bits per heavy atom. The van der Waals surface area contributed by atoms with Crippen molar-refractivity contribution in [2.45, 2.75) is 32.4 Å². The van der Waals surface area contributed by atoms with Crippen molar-refractivity contribution in [2.24, 2.45) is 0 Å². The van der Waals surface area contributed by atoms with Crippen LogP contribution in [-0.4, -0.2) is 29.2 Å². The Labute approximate surface area is 91.5 Å². The van der Waals surface area contributed by atoms with Crippen molar-refractivity contribution < 1.29 is 5.11 Å². The number of aliphatic hydroxyl groups is 1. The first kappa shape index (κ1) is 10.7. The molecule has 0 aromatic heterocycles. The molecule has 0 saturated carbocycles. The fourth-order valence-corrected chi connectivity index (χ4v) is 2.36. The first-order valence-electron chi connectivity index (χ1n) is 5.70. The van der Waals surface area contributed by atoms with Crippen LogP contribution < -0.4 is 0 Å². The van der Waals surface area contributed by atoms with Crippen LogP contribution in [0.5, 0.6) is 0 Å². The molecule has 1 atom stereocenters. The Kier molecular flexibility index (Phi) is 3.39. The number of hydrogen-bond donors (Lipinski definition) is 1. The van der Waals surface area contributed by atoms with Crippen molar-refractivity contribution >= 4 is 0 Å². The Balaban J connectivity index is 2.02. The van der Waals surface area contributed by atoms with Crippen LogP contribution in [0.1, 0.15) is 24.0 Å². The van der Waals surface area contributed by atoms with Gasteiger partial charge >= 0.3 is 0 Å². The number of aryl methyl sites for hydroxylation is 1. The summed E-state index contributed by atoms with van der Waals surface area (Å²) < 4.78 is 0. The minimum absolute atomic E-state index is 0.297. The summed E-state index contributed by atoms with van der Waals surface area (Å²) in [6.45, 7) is 4.52. The van der Waals surface area contributed by atoms with Gasteiger partial charge in [-0.05, 0) is 31.9 Å². The number of hydrogen-bond acceptors (Lipinski definition) is 2. The van der Waals surface area contributed by atoms with Crippen LogP contribution >= 0.6 is 0 Å². The van der Waals surface area contributed by atoms with E-state index < -0.39 is 0 Å². The van der Waals surface area contributed by atoms with Crippen molar-refractivity contribution in [1.82, 2.24) is 4.90 Å². The normalized spacial score (nSPS) is 22.1. The van der Waals surface area contributed by atoms with Crippen LogP contribution in [0.2, 0.25) is 0 Å². The minimum atomic E-state index is 0.297. The lowest BCUT2D eigenvalue weighted by molar-refractivity contribution is 0.153. The molecule has 0 amide bonds. The monoisotopic (exact) mass is 205 g/mol. The predicted molar refractivity (Wildman–Crippen MR) is 61.7 cm³/mol. The Morgan fingerprint density at radius 1 is 1.47 bits per heavy atom. The van der Waals surface area contributed by atoms with Crippen LogP contribution in [0, 0.1) is 6.92 Å². The number of aliphatic hydroxyl groups excluding tert-OH is 1. The molecule has 1 N–H and O–H groups in total. The molecular formula is C13H19NO. The van der Waals surface area contributed by atoms with E-state index >= 15 is 0 Å². The lowest BCUT2D eigenvalue weighted by atomic mass is 10.1. The summed E-state index contributed by atoms with van der Waals surface area (Å²) in [5.41, 5.74) is 2.67. The molecule has 1 fully saturated rings. The standard InChI is InChI=1S/C13H19NO/c1-11-4-2-5-12(8-11)9-14-7-3-6-13(14)10-15/h2,4-5,8,13,15H,3,6-7,9-10H2,1H3/t13-/m0/s1. The maximum Gasteiger partial charge on any atom is 0.0587 e. The highest BCUT2D eigenvalue weighted by Crippen LogP contribution is 2.19. The quantitative estimate of drug-likeness (QED) is 0.815. The van der Waals surface area contributed by atoms with Gasteiger partial charge in [0.05, 0.1) is 6.61 Å². The topological polar surface area (TPSA) is 23.5 Å². The van der Waals surface area contributed by atoms with Gasteiger partial charge in [-0.1, -0.05) is 29.8 Å². The molecule has 0 bridgehead atoms. The van der Waals surface area contributed by atoms with Crippen molar-refractivity contribution in [1.29, 1.82) is 0 Å². The van der Waals surface area contributed by atoms with E-state index in [4.69, 9.17) is 0 Å². The lowest BCUT2D eigenvalue weighted by Crippen LogP contribution is -2.31. The van der Waals surface area contributed by atoms with E-state index in [0.29, 0.717) is 12.6 Å². The first-order chi connectivity index (χ1) is 7.29. The maximum absolute atomic E-state index is 9.23. The van der Waals surface area contributed by atoms with E-state index in [1.807, 2.05) is 0 Å². The summed E-state index contributed by atoms with van der Waals surface area (Å²) in [5, 5.41) is 9.23. The van der Waals surface area contributed by atoms with Crippen LogP contribution in [0.4, 0.5) is 0 Å². The highest BCUT2D eigenvalue weighted by Gasteiger charge is 2.23. The molecule has 0 aliphatic carbocycles. The third kappa shape index (κ3) is 2.58. The van der Waals surface area contributed by atoms with E-state index in [-0.39, 0.29) is 0 Å². The summed E-state index contributed by atoms with van der Waals surface area (Å²) >= 11 is 0. The molecule has 1 saturated heterocycles. The Bertz CT molecular complexity index is 324. The molecule has 2 heteroatoms. The molecule has 1 aromatic rings. The first-order valence-corrected chi connectivity index (χ1v) is 5.70. The third-order valence-electron chi connectivity index (χ3n) is 3.18. The molecule has 0 radical (unpaired) electrons. The molecule has 1 aromatic carbocycles. The molecule has 82 valence electrons. The van der Waals surface area contributed by atoms with Gasteiger partial charge in [-0.25, -0.2) is 0 Å². The predicted octanol–water partition coefficient (Wildman–Crippen LogP) is 1.95. The second kappa shape index (κ2) is 4.77. The number of nitrogens with zero attached hydrogens (tertiary/aromatic N) is 1. The van der Waals surface area contributed by atoms with Gasteiger partial charge in [0.1, 0.15) is 0 Å². The third-order valence-corrected chi connectivity index (χ3v) is 3.18. The fourth-order valence-electron chi connectivity index (χ4n) is 2.36. The van der Waals surface area contributed by atoms with Gasteiger partial charge in [-0.3, -0.25) is 4.90 Å². The van der Waals surface area contributed by atoms with E-state index in [2.05, 4.69) is 36.1 Å². The van der Waals surface area contributed by atoms with E-state index in [1.54, 1.807) is 0 Å². The van der Waals surface area contributed by atoms with Crippen LogP contribution in [0.25, 0.3) is 0 Å². The van der Waals surface area contributed by atoms with Gasteiger partial charge in [0.25, 0.3) is 0 Å². The van der Waals surface area contributed by atoms with Gasteiger partial charge in [0, 0.05) is 12.6 Å². The largest absolute Gasteiger partial charge is 0.395 e. The smallest absolute Gasteiger partial charge is 0.0587 e. The highest BCUT2D eigenvalue weighted by molar-refractivity contribution is 5.22. The SMILES string of the molecule is Cc1cccc(CN2CCC[C@H]2CO)c1.